The summed E-state index contributed by atoms with van der Waals surface area (Å²) in [6.45, 7) is 9.11. The number of nitrogens with one attached hydrogen (secondary N) is 3. The molecule has 0 radical (unpaired) electrons. The molecule has 1 amide bonds. The molecule has 8 nitrogen and oxygen atoms in total. The summed E-state index contributed by atoms with van der Waals surface area (Å²) >= 11 is 0. The van der Waals surface area contributed by atoms with Gasteiger partial charge in [0.25, 0.3) is 5.91 Å². The summed E-state index contributed by atoms with van der Waals surface area (Å²) in [5, 5.41) is 9.20. The third-order valence-electron chi connectivity index (χ3n) is 3.58. The predicted octanol–water partition coefficient (Wildman–Crippen LogP) is 0.515. The molecule has 0 bridgehead atoms. The number of rotatable bonds is 8. The summed E-state index contributed by atoms with van der Waals surface area (Å²) in [4.78, 5) is 18.6. The lowest BCUT2D eigenvalue weighted by molar-refractivity contribution is 0.0394. The first kappa shape index (κ1) is 21.7. The van der Waals surface area contributed by atoms with E-state index in [0.717, 1.165) is 51.9 Å². The molecule has 9 heteroatoms. The van der Waals surface area contributed by atoms with E-state index in [1.54, 1.807) is 12.1 Å². The van der Waals surface area contributed by atoms with Gasteiger partial charge in [-0.1, -0.05) is 0 Å². The van der Waals surface area contributed by atoms with Crippen molar-refractivity contribution in [3.05, 3.63) is 24.2 Å². The van der Waals surface area contributed by atoms with Gasteiger partial charge in [-0.05, 0) is 19.1 Å². The smallest absolute Gasteiger partial charge is 0.287 e. The minimum atomic E-state index is -0.212. The van der Waals surface area contributed by atoms with Crippen LogP contribution in [-0.2, 0) is 4.74 Å². The molecule has 0 aliphatic carbocycles. The van der Waals surface area contributed by atoms with Crippen molar-refractivity contribution in [2.24, 2.45) is 4.99 Å². The molecule has 0 spiro atoms. The van der Waals surface area contributed by atoms with Gasteiger partial charge in [0, 0.05) is 39.3 Å². The van der Waals surface area contributed by atoms with Crippen molar-refractivity contribution in [1.29, 1.82) is 0 Å². The molecule has 1 aliphatic rings. The number of halogens is 1. The summed E-state index contributed by atoms with van der Waals surface area (Å²) in [7, 11) is 0. The highest BCUT2D eigenvalue weighted by Crippen LogP contribution is 1.98. The van der Waals surface area contributed by atoms with Gasteiger partial charge in [-0.2, -0.15) is 0 Å². The maximum absolute atomic E-state index is 11.7. The number of carbonyl (C=O) groups is 1. The Hall–Kier alpha value is -1.33. The van der Waals surface area contributed by atoms with Gasteiger partial charge >= 0.3 is 0 Å². The van der Waals surface area contributed by atoms with Crippen molar-refractivity contribution in [2.75, 3.05) is 59.0 Å². The van der Waals surface area contributed by atoms with Crippen molar-refractivity contribution in [3.8, 4) is 0 Å². The van der Waals surface area contributed by atoms with Gasteiger partial charge in [0.2, 0.25) is 0 Å². The van der Waals surface area contributed by atoms with Gasteiger partial charge in [-0.15, -0.1) is 24.0 Å². The third kappa shape index (κ3) is 8.54. The largest absolute Gasteiger partial charge is 0.459 e. The van der Waals surface area contributed by atoms with Crippen molar-refractivity contribution in [2.45, 2.75) is 6.92 Å². The fraction of sp³-hybridized carbons (Fsp3) is 0.625. The van der Waals surface area contributed by atoms with Crippen LogP contribution in [0.4, 0.5) is 0 Å². The number of hydrogen-bond acceptors (Lipinski definition) is 5. The Morgan fingerprint density at radius 2 is 2.00 bits per heavy atom. The lowest BCUT2D eigenvalue weighted by atomic mass is 10.4. The number of amides is 1. The highest BCUT2D eigenvalue weighted by atomic mass is 127. The number of carbonyl (C=O) groups excluding carboxylic acids is 1. The van der Waals surface area contributed by atoms with Gasteiger partial charge in [-0.25, -0.2) is 0 Å². The van der Waals surface area contributed by atoms with Gasteiger partial charge in [0.1, 0.15) is 0 Å². The number of aliphatic imine (C=N–C) groups is 1. The quantitative estimate of drug-likeness (QED) is 0.225. The normalized spacial score (nSPS) is 15.3. The molecule has 2 rings (SSSR count). The van der Waals surface area contributed by atoms with Gasteiger partial charge in [0.15, 0.2) is 11.7 Å². The molecule has 0 atom stereocenters. The zero-order valence-corrected chi connectivity index (χ0v) is 17.0. The summed E-state index contributed by atoms with van der Waals surface area (Å²) in [6, 6.07) is 3.33. The molecule has 25 heavy (non-hydrogen) atoms. The fourth-order valence-corrected chi connectivity index (χ4v) is 2.32. The minimum absolute atomic E-state index is 0. The average Bonchev–Trinajstić information content (AvgIpc) is 3.14. The van der Waals surface area contributed by atoms with E-state index in [2.05, 4.69) is 25.8 Å². The van der Waals surface area contributed by atoms with Crippen LogP contribution in [0.5, 0.6) is 0 Å². The molecule has 3 N–H and O–H groups in total. The van der Waals surface area contributed by atoms with Crippen molar-refractivity contribution in [3.63, 3.8) is 0 Å². The molecule has 2 heterocycles. The third-order valence-corrected chi connectivity index (χ3v) is 3.58. The van der Waals surface area contributed by atoms with E-state index in [-0.39, 0.29) is 29.9 Å². The molecule has 142 valence electrons. The first-order valence-electron chi connectivity index (χ1n) is 8.43. The van der Waals surface area contributed by atoms with Crippen LogP contribution in [0.1, 0.15) is 17.5 Å². The Labute approximate surface area is 165 Å². The Kier molecular flexibility index (Phi) is 11.2. The highest BCUT2D eigenvalue weighted by Gasteiger charge is 2.09. The zero-order chi connectivity index (χ0) is 17.0. The van der Waals surface area contributed by atoms with Crippen LogP contribution in [0, 0.1) is 0 Å². The summed E-state index contributed by atoms with van der Waals surface area (Å²) in [5.74, 6) is 0.871. The Bertz CT molecular complexity index is 504. The molecule has 1 aliphatic heterocycles. The second kappa shape index (κ2) is 13.0. The van der Waals surface area contributed by atoms with E-state index < -0.39 is 0 Å². The van der Waals surface area contributed by atoms with Gasteiger partial charge in [0.05, 0.1) is 26.0 Å². The number of nitrogens with zero attached hydrogens (tertiary/aromatic N) is 2. The van der Waals surface area contributed by atoms with E-state index in [1.807, 2.05) is 6.92 Å². The summed E-state index contributed by atoms with van der Waals surface area (Å²) in [5.41, 5.74) is 0. The fourth-order valence-electron chi connectivity index (χ4n) is 2.32. The maximum atomic E-state index is 11.7. The van der Waals surface area contributed by atoms with Crippen molar-refractivity contribution < 1.29 is 13.9 Å². The minimum Gasteiger partial charge on any atom is -0.459 e. The molecule has 0 saturated carbocycles. The standard InChI is InChI=1S/C16H27N5O3.HI/c1-2-17-16(20-7-8-21-9-12-23-13-10-21)19-6-5-18-15(22)14-4-3-11-24-14;/h3-4,11H,2,5-10,12-13H2,1H3,(H,18,22)(H2,17,19,20);1H. The van der Waals surface area contributed by atoms with Crippen LogP contribution in [-0.4, -0.2) is 75.8 Å². The van der Waals surface area contributed by atoms with E-state index >= 15 is 0 Å². The topological polar surface area (TPSA) is 91.1 Å². The van der Waals surface area contributed by atoms with Crippen molar-refractivity contribution >= 4 is 35.8 Å². The number of morpholine rings is 1. The zero-order valence-electron chi connectivity index (χ0n) is 14.6. The first-order valence-corrected chi connectivity index (χ1v) is 8.43. The van der Waals surface area contributed by atoms with E-state index in [9.17, 15) is 4.79 Å². The van der Waals surface area contributed by atoms with Crippen LogP contribution in [0.15, 0.2) is 27.8 Å². The molecule has 1 fully saturated rings. The molecule has 1 aromatic rings. The Morgan fingerprint density at radius 3 is 2.68 bits per heavy atom. The SMILES string of the molecule is CCNC(=NCCN1CCOCC1)NCCNC(=O)c1ccco1.I. The van der Waals surface area contributed by atoms with Crippen LogP contribution < -0.4 is 16.0 Å². The number of guanidine groups is 1. The number of ether oxygens (including phenoxy) is 1. The Morgan fingerprint density at radius 1 is 1.24 bits per heavy atom. The predicted molar refractivity (Wildman–Crippen MR) is 108 cm³/mol. The van der Waals surface area contributed by atoms with E-state index in [0.29, 0.717) is 18.8 Å². The van der Waals surface area contributed by atoms with E-state index in [4.69, 9.17) is 9.15 Å². The maximum Gasteiger partial charge on any atom is 0.287 e. The lowest BCUT2D eigenvalue weighted by Crippen LogP contribution is -2.42. The Balaban J connectivity index is 0.00000312. The summed E-state index contributed by atoms with van der Waals surface area (Å²) in [6.07, 6.45) is 1.48. The summed E-state index contributed by atoms with van der Waals surface area (Å²) < 4.78 is 10.4. The van der Waals surface area contributed by atoms with Crippen LogP contribution in [0.3, 0.4) is 0 Å². The molecule has 1 saturated heterocycles. The molecule has 0 aromatic carbocycles. The molecule has 0 unspecified atom stereocenters. The second-order valence-corrected chi connectivity index (χ2v) is 5.37. The monoisotopic (exact) mass is 465 g/mol. The number of furan rings is 1. The molecular weight excluding hydrogens is 437 g/mol. The van der Waals surface area contributed by atoms with Crippen LogP contribution in [0.25, 0.3) is 0 Å². The lowest BCUT2D eigenvalue weighted by Gasteiger charge is -2.25. The van der Waals surface area contributed by atoms with Crippen molar-refractivity contribution in [1.82, 2.24) is 20.9 Å². The van der Waals surface area contributed by atoms with Gasteiger partial charge < -0.3 is 25.1 Å². The highest BCUT2D eigenvalue weighted by molar-refractivity contribution is 14.0. The van der Waals surface area contributed by atoms with E-state index in [1.165, 1.54) is 6.26 Å². The number of hydrogen-bond donors (Lipinski definition) is 3. The van der Waals surface area contributed by atoms with Crippen LogP contribution in [0.2, 0.25) is 0 Å². The average molecular weight is 465 g/mol. The van der Waals surface area contributed by atoms with Crippen LogP contribution >= 0.6 is 24.0 Å². The molecule has 1 aromatic heterocycles. The van der Waals surface area contributed by atoms with Gasteiger partial charge in [-0.3, -0.25) is 14.7 Å². The first-order chi connectivity index (χ1) is 11.8. The second-order valence-electron chi connectivity index (χ2n) is 5.37. The molecular formula is C16H28IN5O3.